The molecule has 0 saturated carbocycles. The molecule has 0 radical (unpaired) electrons. The molecule has 0 spiro atoms. The highest BCUT2D eigenvalue weighted by molar-refractivity contribution is 5.95. The lowest BCUT2D eigenvalue weighted by Crippen LogP contribution is -2.20. The minimum atomic E-state index is -0.641. The van der Waals surface area contributed by atoms with Crippen LogP contribution in [0.5, 0.6) is 5.75 Å². The molecule has 0 aliphatic heterocycles. The molecule has 1 aromatic carbocycles. The van der Waals surface area contributed by atoms with Gasteiger partial charge in [0.15, 0.2) is 0 Å². The van der Waals surface area contributed by atoms with Gasteiger partial charge in [-0.3, -0.25) is 9.48 Å². The first-order valence-corrected chi connectivity index (χ1v) is 6.63. The molecule has 1 heterocycles. The van der Waals surface area contributed by atoms with Crippen molar-refractivity contribution >= 4 is 17.6 Å². The summed E-state index contributed by atoms with van der Waals surface area (Å²) in [5.74, 6) is -1.18. The van der Waals surface area contributed by atoms with Gasteiger partial charge in [0, 0.05) is 17.4 Å². The molecule has 0 bridgehead atoms. The van der Waals surface area contributed by atoms with Crippen molar-refractivity contribution in [3.63, 3.8) is 0 Å². The summed E-state index contributed by atoms with van der Waals surface area (Å²) < 4.78 is 6.13. The van der Waals surface area contributed by atoms with Gasteiger partial charge in [0.05, 0.1) is 12.8 Å². The van der Waals surface area contributed by atoms with Gasteiger partial charge in [-0.2, -0.15) is 5.10 Å². The topological polar surface area (TPSA) is 93.5 Å². The first-order valence-electron chi connectivity index (χ1n) is 6.63. The van der Waals surface area contributed by atoms with E-state index < -0.39 is 5.97 Å². The van der Waals surface area contributed by atoms with Gasteiger partial charge < -0.3 is 15.2 Å². The number of nitrogens with one attached hydrogen (secondary N) is 1. The molecule has 1 aromatic heterocycles. The second-order valence-electron chi connectivity index (χ2n) is 4.86. The normalized spacial score (nSPS) is 10.3. The lowest BCUT2D eigenvalue weighted by molar-refractivity contribution is -0.116. The van der Waals surface area contributed by atoms with E-state index in [0.29, 0.717) is 5.69 Å². The molecule has 7 heteroatoms. The summed E-state index contributed by atoms with van der Waals surface area (Å²) in [6.07, 6.45) is 0. The number of nitrogens with zero attached hydrogens (tertiary/aromatic N) is 2. The van der Waals surface area contributed by atoms with Crippen LogP contribution in [0.2, 0.25) is 0 Å². The van der Waals surface area contributed by atoms with E-state index in [-0.39, 0.29) is 23.8 Å². The highest BCUT2D eigenvalue weighted by Crippen LogP contribution is 2.22. The SMILES string of the molecule is COC(=O)c1ccc(NC(=O)Cn2nc(C)cc2C)cc1O. The number of aromatic hydroxyl groups is 1. The number of ether oxygens (including phenoxy) is 1. The van der Waals surface area contributed by atoms with Crippen molar-refractivity contribution in [1.29, 1.82) is 0 Å². The fourth-order valence-electron chi connectivity index (χ4n) is 2.06. The molecule has 1 amide bonds. The summed E-state index contributed by atoms with van der Waals surface area (Å²) in [5.41, 5.74) is 2.15. The van der Waals surface area contributed by atoms with Crippen molar-refractivity contribution in [3.05, 3.63) is 41.2 Å². The molecule has 2 aromatic rings. The Bertz CT molecular complexity index is 722. The Hall–Kier alpha value is -2.83. The van der Waals surface area contributed by atoms with Crippen LogP contribution in [-0.2, 0) is 16.1 Å². The molecular weight excluding hydrogens is 286 g/mol. The van der Waals surface area contributed by atoms with Crippen LogP contribution in [0.15, 0.2) is 24.3 Å². The maximum absolute atomic E-state index is 12.0. The molecule has 7 nitrogen and oxygen atoms in total. The number of rotatable bonds is 4. The largest absolute Gasteiger partial charge is 0.507 e. The fraction of sp³-hybridized carbons (Fsp3) is 0.267. The van der Waals surface area contributed by atoms with Crippen molar-refractivity contribution in [1.82, 2.24) is 9.78 Å². The molecule has 0 saturated heterocycles. The summed E-state index contributed by atoms with van der Waals surface area (Å²) in [6.45, 7) is 3.79. The van der Waals surface area contributed by atoms with E-state index in [1.807, 2.05) is 19.9 Å². The number of phenolic OH excluding ortho intramolecular Hbond substituents is 1. The molecule has 22 heavy (non-hydrogen) atoms. The van der Waals surface area contributed by atoms with Crippen LogP contribution < -0.4 is 5.32 Å². The first-order chi connectivity index (χ1) is 10.4. The fourth-order valence-corrected chi connectivity index (χ4v) is 2.06. The van der Waals surface area contributed by atoms with Crippen molar-refractivity contribution in [2.75, 3.05) is 12.4 Å². The number of benzene rings is 1. The van der Waals surface area contributed by atoms with Gasteiger partial charge >= 0.3 is 5.97 Å². The maximum Gasteiger partial charge on any atom is 0.341 e. The molecule has 2 N–H and O–H groups in total. The van der Waals surface area contributed by atoms with Gasteiger partial charge in [-0.25, -0.2) is 4.79 Å². The monoisotopic (exact) mass is 303 g/mol. The summed E-state index contributed by atoms with van der Waals surface area (Å²) >= 11 is 0. The number of phenols is 1. The highest BCUT2D eigenvalue weighted by atomic mass is 16.5. The van der Waals surface area contributed by atoms with E-state index in [2.05, 4.69) is 15.2 Å². The first kappa shape index (κ1) is 15.6. The highest BCUT2D eigenvalue weighted by Gasteiger charge is 2.13. The third-order valence-electron chi connectivity index (χ3n) is 3.08. The molecule has 0 aliphatic carbocycles. The summed E-state index contributed by atoms with van der Waals surface area (Å²) in [4.78, 5) is 23.4. The van der Waals surface area contributed by atoms with Crippen LogP contribution >= 0.6 is 0 Å². The quantitative estimate of drug-likeness (QED) is 0.837. The average Bonchev–Trinajstić information content (AvgIpc) is 2.76. The molecule has 0 unspecified atom stereocenters. The zero-order valence-electron chi connectivity index (χ0n) is 12.6. The summed E-state index contributed by atoms with van der Waals surface area (Å²) in [5, 5.41) is 16.6. The number of hydrogen-bond donors (Lipinski definition) is 2. The summed E-state index contributed by atoms with van der Waals surface area (Å²) in [7, 11) is 1.23. The Kier molecular flexibility index (Phi) is 4.45. The molecule has 0 aliphatic rings. The average molecular weight is 303 g/mol. The Morgan fingerprint density at radius 3 is 2.59 bits per heavy atom. The molecule has 2 rings (SSSR count). The number of anilines is 1. The van der Waals surface area contributed by atoms with E-state index in [1.54, 1.807) is 4.68 Å². The third-order valence-corrected chi connectivity index (χ3v) is 3.08. The number of aryl methyl sites for hydroxylation is 2. The second kappa shape index (κ2) is 6.30. The number of hydrogen-bond acceptors (Lipinski definition) is 5. The number of aromatic nitrogens is 2. The van der Waals surface area contributed by atoms with Crippen molar-refractivity contribution in [3.8, 4) is 5.75 Å². The second-order valence-corrected chi connectivity index (χ2v) is 4.86. The van der Waals surface area contributed by atoms with Gasteiger partial charge in [0.1, 0.15) is 17.9 Å². The molecular formula is C15H17N3O4. The Morgan fingerprint density at radius 1 is 1.32 bits per heavy atom. The van der Waals surface area contributed by atoms with Crippen molar-refractivity contribution in [2.45, 2.75) is 20.4 Å². The van der Waals surface area contributed by atoms with Gasteiger partial charge in [0.25, 0.3) is 0 Å². The smallest absolute Gasteiger partial charge is 0.341 e. The third kappa shape index (κ3) is 3.43. The van der Waals surface area contributed by atoms with E-state index in [1.165, 1.54) is 25.3 Å². The Balaban J connectivity index is 2.07. The predicted molar refractivity (Wildman–Crippen MR) is 79.8 cm³/mol. The predicted octanol–water partition coefficient (Wildman–Crippen LogP) is 1.63. The zero-order chi connectivity index (χ0) is 16.3. The van der Waals surface area contributed by atoms with Crippen LogP contribution in [0.4, 0.5) is 5.69 Å². The van der Waals surface area contributed by atoms with Gasteiger partial charge in [-0.05, 0) is 32.0 Å². The zero-order valence-corrected chi connectivity index (χ0v) is 12.6. The van der Waals surface area contributed by atoms with Crippen LogP contribution in [0.1, 0.15) is 21.7 Å². The number of carbonyl (C=O) groups excluding carboxylic acids is 2. The van der Waals surface area contributed by atoms with Gasteiger partial charge in [-0.1, -0.05) is 0 Å². The Labute approximate surface area is 127 Å². The van der Waals surface area contributed by atoms with E-state index in [4.69, 9.17) is 0 Å². The van der Waals surface area contributed by atoms with E-state index in [9.17, 15) is 14.7 Å². The van der Waals surface area contributed by atoms with Gasteiger partial charge in [0.2, 0.25) is 5.91 Å². The number of amides is 1. The van der Waals surface area contributed by atoms with Crippen LogP contribution in [0.25, 0.3) is 0 Å². The van der Waals surface area contributed by atoms with E-state index >= 15 is 0 Å². The van der Waals surface area contributed by atoms with Crippen LogP contribution in [-0.4, -0.2) is 33.9 Å². The lowest BCUT2D eigenvalue weighted by Gasteiger charge is -2.09. The molecule has 0 atom stereocenters. The van der Waals surface area contributed by atoms with Crippen LogP contribution in [0, 0.1) is 13.8 Å². The standard InChI is InChI=1S/C15H17N3O4/c1-9-6-10(2)18(17-9)8-14(20)16-11-4-5-12(13(19)7-11)15(21)22-3/h4-7,19H,8H2,1-3H3,(H,16,20). The van der Waals surface area contributed by atoms with Gasteiger partial charge in [-0.15, -0.1) is 0 Å². The maximum atomic E-state index is 12.0. The van der Waals surface area contributed by atoms with E-state index in [0.717, 1.165) is 11.4 Å². The Morgan fingerprint density at radius 2 is 2.05 bits per heavy atom. The minimum Gasteiger partial charge on any atom is -0.507 e. The summed E-state index contributed by atoms with van der Waals surface area (Å²) in [6, 6.07) is 6.08. The number of carbonyl (C=O) groups is 2. The van der Waals surface area contributed by atoms with Crippen molar-refractivity contribution < 1.29 is 19.4 Å². The number of esters is 1. The minimum absolute atomic E-state index is 0.0408. The molecule has 0 fully saturated rings. The van der Waals surface area contributed by atoms with Crippen molar-refractivity contribution in [2.24, 2.45) is 0 Å². The number of methoxy groups -OCH3 is 1. The lowest BCUT2D eigenvalue weighted by atomic mass is 10.2. The van der Waals surface area contributed by atoms with Crippen LogP contribution in [0.3, 0.4) is 0 Å². The molecule has 116 valence electrons.